The summed E-state index contributed by atoms with van der Waals surface area (Å²) in [4.78, 5) is 4.86. The van der Waals surface area contributed by atoms with Gasteiger partial charge in [-0.2, -0.15) is 10.5 Å². The van der Waals surface area contributed by atoms with Crippen LogP contribution in [-0.4, -0.2) is 60.1 Å². The van der Waals surface area contributed by atoms with E-state index in [2.05, 4.69) is 52.3 Å². The van der Waals surface area contributed by atoms with Crippen molar-refractivity contribution in [2.45, 2.75) is 62.1 Å². The Morgan fingerprint density at radius 1 is 0.653 bits per heavy atom. The van der Waals surface area contributed by atoms with Gasteiger partial charge in [0.05, 0.1) is 29.3 Å². The van der Waals surface area contributed by atoms with Crippen LogP contribution in [0, 0.1) is 28.5 Å². The molecule has 4 aromatic rings. The maximum atomic E-state index is 13.9. The Labute approximate surface area is 287 Å². The first kappa shape index (κ1) is 32.8. The molecule has 0 saturated carbocycles. The maximum Gasteiger partial charge on any atom is 0.144 e. The van der Waals surface area contributed by atoms with Gasteiger partial charge in [-0.25, -0.2) is 4.39 Å². The van der Waals surface area contributed by atoms with Gasteiger partial charge in [0.2, 0.25) is 0 Å². The van der Waals surface area contributed by atoms with E-state index < -0.39 is 5.82 Å². The summed E-state index contributed by atoms with van der Waals surface area (Å²) in [6.45, 7) is 3.79. The molecule has 0 aromatic heterocycles. The van der Waals surface area contributed by atoms with Crippen LogP contribution in [-0.2, 0) is 12.8 Å². The molecule has 2 aliphatic heterocycles. The van der Waals surface area contributed by atoms with Crippen LogP contribution in [0.5, 0.6) is 11.5 Å². The third kappa shape index (κ3) is 7.03. The van der Waals surface area contributed by atoms with Gasteiger partial charge in [0.15, 0.2) is 0 Å². The molecule has 49 heavy (non-hydrogen) atoms. The van der Waals surface area contributed by atoms with Gasteiger partial charge in [0, 0.05) is 44.3 Å². The summed E-state index contributed by atoms with van der Waals surface area (Å²) in [6.07, 6.45) is 3.81. The van der Waals surface area contributed by atoms with E-state index in [0.717, 1.165) is 63.2 Å². The predicted molar refractivity (Wildman–Crippen MR) is 185 cm³/mol. The lowest BCUT2D eigenvalue weighted by Gasteiger charge is -2.30. The van der Waals surface area contributed by atoms with Gasteiger partial charge in [0.25, 0.3) is 0 Å². The predicted octanol–water partition coefficient (Wildman–Crippen LogP) is 5.41. The third-order valence-corrected chi connectivity index (χ3v) is 10.3. The molecule has 2 heterocycles. The molecule has 4 aliphatic rings. The first-order chi connectivity index (χ1) is 23.9. The lowest BCUT2D eigenvalue weighted by molar-refractivity contribution is 0.0930. The minimum Gasteiger partial charge on any atom is -0.484 e. The molecule has 2 saturated heterocycles. The van der Waals surface area contributed by atoms with Crippen LogP contribution in [0.1, 0.15) is 58.4 Å². The molecule has 9 heteroatoms. The average Bonchev–Trinajstić information content (AvgIpc) is 3.91. The first-order valence-corrected chi connectivity index (χ1v) is 17.1. The summed E-state index contributed by atoms with van der Waals surface area (Å²) >= 11 is 0. The molecule has 6 atom stereocenters. The zero-order chi connectivity index (χ0) is 33.9. The number of nitriles is 2. The standard InChI is InChI=1S/C20H20FN3O.C20H21N3O/c21-18-10-16(6-5-14(18)11-22)25-20-17-4-2-1-3-13(17)9-19(20)24-8-7-15(23)12-24;21-12-14-5-7-17(8-6-14)24-20-18-4-2-1-3-15(18)11-19(20)23-10-9-16(22)13-23/h1-6,10,15,19-20H,7-9,12,23H2;1-8,16,19-20H,9-11,13,22H2/t15-,19+,20+;16-,19+,20+/m00/s1. The highest BCUT2D eigenvalue weighted by Gasteiger charge is 2.41. The molecule has 2 fully saturated rings. The fraction of sp³-hybridized carbons (Fsp3) is 0.350. The third-order valence-electron chi connectivity index (χ3n) is 10.3. The van der Waals surface area contributed by atoms with E-state index in [9.17, 15) is 4.39 Å². The number of likely N-dealkylation sites (tertiary alicyclic amines) is 2. The SMILES string of the molecule is N#Cc1ccc(O[C@@H]2c3ccccc3C[C@H]2N2CC[C@H](N)C2)cc1.N#Cc1ccc(O[C@@H]2c3ccccc3C[C@H]2N2CC[C@H](N)C2)cc1F. The van der Waals surface area contributed by atoms with Crippen LogP contribution in [0.25, 0.3) is 0 Å². The summed E-state index contributed by atoms with van der Waals surface area (Å²) in [5, 5.41) is 17.8. The molecule has 4 N–H and O–H groups in total. The molecule has 250 valence electrons. The normalized spacial score (nSPS) is 25.8. The van der Waals surface area contributed by atoms with Crippen molar-refractivity contribution >= 4 is 0 Å². The average molecular weight is 657 g/mol. The number of nitrogens with zero attached hydrogens (tertiary/aromatic N) is 4. The second-order valence-corrected chi connectivity index (χ2v) is 13.5. The molecule has 8 nitrogen and oxygen atoms in total. The van der Waals surface area contributed by atoms with Crippen molar-refractivity contribution < 1.29 is 13.9 Å². The number of benzene rings is 4. The van der Waals surface area contributed by atoms with Gasteiger partial charge in [0.1, 0.15) is 35.6 Å². The highest BCUT2D eigenvalue weighted by Crippen LogP contribution is 2.40. The monoisotopic (exact) mass is 656 g/mol. The number of hydrogen-bond donors (Lipinski definition) is 2. The molecule has 0 spiro atoms. The highest BCUT2D eigenvalue weighted by molar-refractivity contribution is 5.41. The fourth-order valence-corrected chi connectivity index (χ4v) is 7.79. The van der Waals surface area contributed by atoms with Crippen LogP contribution in [0.3, 0.4) is 0 Å². The molecule has 8 rings (SSSR count). The van der Waals surface area contributed by atoms with Gasteiger partial charge in [-0.1, -0.05) is 48.5 Å². The second-order valence-electron chi connectivity index (χ2n) is 13.5. The Bertz CT molecular complexity index is 1870. The molecular weight excluding hydrogens is 615 g/mol. The Morgan fingerprint density at radius 3 is 1.63 bits per heavy atom. The molecule has 0 unspecified atom stereocenters. The number of hydrogen-bond acceptors (Lipinski definition) is 8. The van der Waals surface area contributed by atoms with Crippen molar-refractivity contribution in [3.8, 4) is 23.6 Å². The summed E-state index contributed by atoms with van der Waals surface area (Å²) < 4.78 is 26.5. The van der Waals surface area contributed by atoms with Gasteiger partial charge in [-0.3, -0.25) is 9.80 Å². The minimum atomic E-state index is -0.550. The van der Waals surface area contributed by atoms with E-state index in [4.69, 9.17) is 31.5 Å². The van der Waals surface area contributed by atoms with E-state index in [1.165, 1.54) is 28.8 Å². The van der Waals surface area contributed by atoms with Crippen molar-refractivity contribution in [3.63, 3.8) is 0 Å². The lowest BCUT2D eigenvalue weighted by Crippen LogP contribution is -2.40. The number of nitrogens with two attached hydrogens (primary N) is 2. The van der Waals surface area contributed by atoms with Gasteiger partial charge >= 0.3 is 0 Å². The van der Waals surface area contributed by atoms with E-state index in [0.29, 0.717) is 17.4 Å². The summed E-state index contributed by atoms with van der Waals surface area (Å²) in [5.41, 5.74) is 17.9. The van der Waals surface area contributed by atoms with Gasteiger partial charge in [-0.15, -0.1) is 0 Å². The smallest absolute Gasteiger partial charge is 0.144 e. The Morgan fingerprint density at radius 2 is 1.16 bits per heavy atom. The number of rotatable bonds is 6. The van der Waals surface area contributed by atoms with E-state index in [-0.39, 0.29) is 35.9 Å². The molecule has 2 aliphatic carbocycles. The molecule has 0 radical (unpaired) electrons. The Kier molecular flexibility index (Phi) is 9.61. The zero-order valence-electron chi connectivity index (χ0n) is 27.4. The molecule has 4 aromatic carbocycles. The lowest BCUT2D eigenvalue weighted by atomic mass is 10.1. The fourth-order valence-electron chi connectivity index (χ4n) is 7.79. The number of ether oxygens (including phenoxy) is 2. The van der Waals surface area contributed by atoms with Crippen molar-refractivity contribution in [1.82, 2.24) is 9.80 Å². The minimum absolute atomic E-state index is 0.0134. The Balaban J connectivity index is 0.000000154. The summed E-state index contributed by atoms with van der Waals surface area (Å²) in [5.74, 6) is 0.710. The Hall–Kier alpha value is -4.77. The molecular formula is C40H41FN6O2. The van der Waals surface area contributed by atoms with Crippen molar-refractivity contribution in [1.29, 1.82) is 10.5 Å². The van der Waals surface area contributed by atoms with Crippen molar-refractivity contribution in [2.75, 3.05) is 26.2 Å². The quantitative estimate of drug-likeness (QED) is 0.282. The van der Waals surface area contributed by atoms with Gasteiger partial charge in [-0.05, 0) is 84.3 Å². The first-order valence-electron chi connectivity index (χ1n) is 17.1. The topological polar surface area (TPSA) is 125 Å². The summed E-state index contributed by atoms with van der Waals surface area (Å²) in [7, 11) is 0. The largest absolute Gasteiger partial charge is 0.484 e. The van der Waals surface area contributed by atoms with Crippen molar-refractivity contribution in [3.05, 3.63) is 130 Å². The van der Waals surface area contributed by atoms with Crippen LogP contribution in [0.4, 0.5) is 4.39 Å². The van der Waals surface area contributed by atoms with E-state index in [1.54, 1.807) is 18.2 Å². The highest BCUT2D eigenvalue weighted by atomic mass is 19.1. The van der Waals surface area contributed by atoms with Gasteiger partial charge < -0.3 is 20.9 Å². The number of halogens is 1. The van der Waals surface area contributed by atoms with E-state index >= 15 is 0 Å². The second kappa shape index (κ2) is 14.4. The number of fused-ring (bicyclic) bond motifs is 2. The van der Waals surface area contributed by atoms with E-state index in [1.807, 2.05) is 30.3 Å². The maximum absolute atomic E-state index is 13.9. The van der Waals surface area contributed by atoms with Crippen molar-refractivity contribution in [2.24, 2.45) is 11.5 Å². The van der Waals surface area contributed by atoms with Crippen LogP contribution >= 0.6 is 0 Å². The van der Waals surface area contributed by atoms with Crippen LogP contribution in [0.2, 0.25) is 0 Å². The molecule has 0 bridgehead atoms. The molecule has 0 amide bonds. The summed E-state index contributed by atoms with van der Waals surface area (Å²) in [6, 6.07) is 33.5. The zero-order valence-corrected chi connectivity index (χ0v) is 27.4. The van der Waals surface area contributed by atoms with Crippen LogP contribution in [0.15, 0.2) is 91.0 Å². The van der Waals surface area contributed by atoms with Crippen LogP contribution < -0.4 is 20.9 Å².